The summed E-state index contributed by atoms with van der Waals surface area (Å²) in [5, 5.41) is 6.70. The maximum atomic E-state index is 4.52. The predicted molar refractivity (Wildman–Crippen MR) is 86.0 cm³/mol. The summed E-state index contributed by atoms with van der Waals surface area (Å²) >= 11 is 1.72. The van der Waals surface area contributed by atoms with E-state index >= 15 is 0 Å². The van der Waals surface area contributed by atoms with Crippen LogP contribution in [0, 0.1) is 6.92 Å². The number of benzene rings is 1. The minimum atomic E-state index is 0.413. The number of thiazole rings is 1. The second kappa shape index (κ2) is 7.53. The molecule has 2 aromatic rings. The van der Waals surface area contributed by atoms with Crippen LogP contribution >= 0.6 is 11.3 Å². The van der Waals surface area contributed by atoms with E-state index in [0.29, 0.717) is 6.04 Å². The van der Waals surface area contributed by atoms with Crippen LogP contribution in [0.4, 0.5) is 0 Å². The maximum absolute atomic E-state index is 4.52. The van der Waals surface area contributed by atoms with Crippen LogP contribution in [0.2, 0.25) is 0 Å². The quantitative estimate of drug-likeness (QED) is 0.848. The molecule has 1 atom stereocenters. The summed E-state index contributed by atoms with van der Waals surface area (Å²) in [4.78, 5) is 6.85. The minimum absolute atomic E-state index is 0.413. The van der Waals surface area contributed by atoms with Crippen LogP contribution in [0.5, 0.6) is 0 Å². The van der Waals surface area contributed by atoms with Gasteiger partial charge in [0.2, 0.25) is 0 Å². The summed E-state index contributed by atoms with van der Waals surface area (Å²) in [7, 11) is 4.19. The molecule has 2 rings (SSSR count). The summed E-state index contributed by atoms with van der Waals surface area (Å²) in [6.07, 6.45) is 1.10. The summed E-state index contributed by atoms with van der Waals surface area (Å²) in [6.45, 7) is 4.03. The molecule has 0 aliphatic carbocycles. The molecule has 1 N–H and O–H groups in total. The van der Waals surface area contributed by atoms with Crippen molar-refractivity contribution >= 4 is 11.3 Å². The first-order chi connectivity index (χ1) is 9.69. The Labute approximate surface area is 125 Å². The van der Waals surface area contributed by atoms with Gasteiger partial charge in [-0.25, -0.2) is 4.98 Å². The third kappa shape index (κ3) is 4.40. The van der Waals surface area contributed by atoms with Crippen LogP contribution in [0.25, 0.3) is 0 Å². The van der Waals surface area contributed by atoms with E-state index in [1.54, 1.807) is 11.3 Å². The van der Waals surface area contributed by atoms with Gasteiger partial charge in [-0.1, -0.05) is 30.3 Å². The lowest BCUT2D eigenvalue weighted by Gasteiger charge is -2.21. The SMILES string of the molecule is CNC(CCN(C)Cc1csc(C)n1)c1ccccc1. The summed E-state index contributed by atoms with van der Waals surface area (Å²) in [6, 6.07) is 11.0. The van der Waals surface area contributed by atoms with Crippen molar-refractivity contribution in [2.24, 2.45) is 0 Å². The lowest BCUT2D eigenvalue weighted by atomic mass is 10.0. The molecule has 0 aliphatic heterocycles. The number of hydrogen-bond acceptors (Lipinski definition) is 4. The van der Waals surface area contributed by atoms with Crippen molar-refractivity contribution in [2.75, 3.05) is 20.6 Å². The first kappa shape index (κ1) is 15.2. The van der Waals surface area contributed by atoms with Crippen molar-refractivity contribution in [1.29, 1.82) is 0 Å². The fourth-order valence-corrected chi connectivity index (χ4v) is 2.95. The van der Waals surface area contributed by atoms with Gasteiger partial charge in [0, 0.05) is 24.5 Å². The zero-order valence-corrected chi connectivity index (χ0v) is 13.3. The summed E-state index contributed by atoms with van der Waals surface area (Å²) in [5.41, 5.74) is 2.53. The smallest absolute Gasteiger partial charge is 0.0897 e. The number of rotatable bonds is 7. The van der Waals surface area contributed by atoms with E-state index in [1.807, 2.05) is 7.05 Å². The molecule has 0 saturated carbocycles. The molecule has 108 valence electrons. The molecule has 3 nitrogen and oxygen atoms in total. The Morgan fingerprint density at radius 1 is 1.30 bits per heavy atom. The zero-order valence-electron chi connectivity index (χ0n) is 12.5. The lowest BCUT2D eigenvalue weighted by molar-refractivity contribution is 0.301. The monoisotopic (exact) mass is 289 g/mol. The highest BCUT2D eigenvalue weighted by atomic mass is 32.1. The van der Waals surface area contributed by atoms with E-state index in [2.05, 4.69) is 64.9 Å². The molecule has 0 aliphatic rings. The Balaban J connectivity index is 1.84. The third-order valence-electron chi connectivity index (χ3n) is 3.45. The molecule has 0 fully saturated rings. The van der Waals surface area contributed by atoms with E-state index in [1.165, 1.54) is 11.3 Å². The maximum Gasteiger partial charge on any atom is 0.0897 e. The van der Waals surface area contributed by atoms with Crippen molar-refractivity contribution in [3.05, 3.63) is 52.0 Å². The van der Waals surface area contributed by atoms with Crippen LogP contribution < -0.4 is 5.32 Å². The Hall–Kier alpha value is -1.23. The Kier molecular flexibility index (Phi) is 5.71. The van der Waals surface area contributed by atoms with Crippen LogP contribution in [-0.2, 0) is 6.54 Å². The van der Waals surface area contributed by atoms with Crippen molar-refractivity contribution in [2.45, 2.75) is 25.9 Å². The van der Waals surface area contributed by atoms with Gasteiger partial charge in [-0.3, -0.25) is 0 Å². The first-order valence-electron chi connectivity index (χ1n) is 7.01. The number of nitrogens with one attached hydrogen (secondary N) is 1. The number of nitrogens with zero attached hydrogens (tertiary/aromatic N) is 2. The average Bonchev–Trinajstić information content (AvgIpc) is 2.86. The Morgan fingerprint density at radius 3 is 2.65 bits per heavy atom. The molecule has 0 bridgehead atoms. The standard InChI is InChI=1S/C16H23N3S/c1-13-18-15(12-20-13)11-19(3)10-9-16(17-2)14-7-5-4-6-8-14/h4-8,12,16-17H,9-11H2,1-3H3. The third-order valence-corrected chi connectivity index (χ3v) is 4.27. The van der Waals surface area contributed by atoms with Gasteiger partial charge in [0.1, 0.15) is 0 Å². The molecule has 4 heteroatoms. The van der Waals surface area contributed by atoms with Crippen molar-refractivity contribution in [3.8, 4) is 0 Å². The van der Waals surface area contributed by atoms with Crippen LogP contribution in [-0.4, -0.2) is 30.5 Å². The molecule has 0 spiro atoms. The van der Waals surface area contributed by atoms with E-state index in [9.17, 15) is 0 Å². The van der Waals surface area contributed by atoms with Crippen molar-refractivity contribution < 1.29 is 0 Å². The topological polar surface area (TPSA) is 28.2 Å². The molecule has 0 amide bonds. The second-order valence-electron chi connectivity index (χ2n) is 5.14. The van der Waals surface area contributed by atoms with Crippen LogP contribution in [0.1, 0.15) is 28.7 Å². The van der Waals surface area contributed by atoms with Gasteiger partial charge >= 0.3 is 0 Å². The van der Waals surface area contributed by atoms with Crippen LogP contribution in [0.15, 0.2) is 35.7 Å². The van der Waals surface area contributed by atoms with E-state index in [-0.39, 0.29) is 0 Å². The van der Waals surface area contributed by atoms with E-state index in [0.717, 1.165) is 24.5 Å². The molecule has 20 heavy (non-hydrogen) atoms. The van der Waals surface area contributed by atoms with E-state index < -0.39 is 0 Å². The van der Waals surface area contributed by atoms with Gasteiger partial charge in [0.25, 0.3) is 0 Å². The number of aromatic nitrogens is 1. The highest BCUT2D eigenvalue weighted by Crippen LogP contribution is 2.17. The fraction of sp³-hybridized carbons (Fsp3) is 0.438. The van der Waals surface area contributed by atoms with Crippen molar-refractivity contribution in [3.63, 3.8) is 0 Å². The highest BCUT2D eigenvalue weighted by Gasteiger charge is 2.10. The van der Waals surface area contributed by atoms with Gasteiger partial charge in [-0.05, 0) is 33.0 Å². The number of aryl methyl sites for hydroxylation is 1. The highest BCUT2D eigenvalue weighted by molar-refractivity contribution is 7.09. The molecule has 0 saturated heterocycles. The second-order valence-corrected chi connectivity index (χ2v) is 6.20. The van der Waals surface area contributed by atoms with Gasteiger partial charge in [-0.2, -0.15) is 0 Å². The molecule has 1 aromatic heterocycles. The minimum Gasteiger partial charge on any atom is -0.313 e. The molecular weight excluding hydrogens is 266 g/mol. The first-order valence-corrected chi connectivity index (χ1v) is 7.88. The fourth-order valence-electron chi connectivity index (χ4n) is 2.35. The number of hydrogen-bond donors (Lipinski definition) is 1. The van der Waals surface area contributed by atoms with Gasteiger partial charge in [0.05, 0.1) is 10.7 Å². The summed E-state index contributed by atoms with van der Waals surface area (Å²) in [5.74, 6) is 0. The van der Waals surface area contributed by atoms with Gasteiger partial charge in [0.15, 0.2) is 0 Å². The average molecular weight is 289 g/mol. The summed E-state index contributed by atoms with van der Waals surface area (Å²) < 4.78 is 0. The normalized spacial score (nSPS) is 12.8. The van der Waals surface area contributed by atoms with E-state index in [4.69, 9.17) is 0 Å². The predicted octanol–water partition coefficient (Wildman–Crippen LogP) is 3.23. The van der Waals surface area contributed by atoms with Crippen LogP contribution in [0.3, 0.4) is 0 Å². The Bertz CT molecular complexity index is 509. The molecule has 1 heterocycles. The van der Waals surface area contributed by atoms with Crippen molar-refractivity contribution in [1.82, 2.24) is 15.2 Å². The molecule has 1 aromatic carbocycles. The zero-order chi connectivity index (χ0) is 14.4. The van der Waals surface area contributed by atoms with Gasteiger partial charge < -0.3 is 10.2 Å². The largest absolute Gasteiger partial charge is 0.313 e. The molecular formula is C16H23N3S. The lowest BCUT2D eigenvalue weighted by Crippen LogP contribution is -2.25. The van der Waals surface area contributed by atoms with Gasteiger partial charge in [-0.15, -0.1) is 11.3 Å². The Morgan fingerprint density at radius 2 is 2.05 bits per heavy atom. The molecule has 1 unspecified atom stereocenters. The molecule has 0 radical (unpaired) electrons.